The summed E-state index contributed by atoms with van der Waals surface area (Å²) in [5.41, 5.74) is 11.2. The molecule has 94 valence electrons. The molecule has 2 N–H and O–H groups in total. The number of fused-ring (bicyclic) bond motifs is 1. The zero-order chi connectivity index (χ0) is 12.7. The van der Waals surface area contributed by atoms with E-state index in [1.165, 1.54) is 24.0 Å². The van der Waals surface area contributed by atoms with Gasteiger partial charge in [0.25, 0.3) is 0 Å². The minimum Gasteiger partial charge on any atom is -0.319 e. The van der Waals surface area contributed by atoms with Gasteiger partial charge in [0.05, 0.1) is 23.0 Å². The number of benzene rings is 1. The zero-order valence-corrected chi connectivity index (χ0v) is 11.1. The van der Waals surface area contributed by atoms with Crippen LogP contribution in [-0.2, 0) is 19.9 Å². The molecule has 0 amide bonds. The summed E-state index contributed by atoms with van der Waals surface area (Å²) in [5, 5.41) is 4.77. The third-order valence-electron chi connectivity index (χ3n) is 3.71. The summed E-state index contributed by atoms with van der Waals surface area (Å²) in [7, 11) is 1.87. The molecule has 0 aliphatic heterocycles. The molecule has 1 aliphatic carbocycles. The van der Waals surface area contributed by atoms with Crippen LogP contribution in [0.4, 0.5) is 0 Å². The molecular weight excluding hydrogens is 246 g/mol. The lowest BCUT2D eigenvalue weighted by Crippen LogP contribution is -2.16. The molecule has 0 spiro atoms. The van der Waals surface area contributed by atoms with E-state index in [1.807, 2.05) is 7.05 Å². The molecule has 0 saturated carbocycles. The van der Waals surface area contributed by atoms with Crippen LogP contribution in [0.3, 0.4) is 0 Å². The first kappa shape index (κ1) is 11.8. The van der Waals surface area contributed by atoms with Crippen LogP contribution in [0.2, 0.25) is 5.02 Å². The number of hydrogen-bond donors (Lipinski definition) is 1. The Morgan fingerprint density at radius 1 is 1.33 bits per heavy atom. The molecule has 0 saturated heterocycles. The Balaban J connectivity index is 2.00. The van der Waals surface area contributed by atoms with Crippen molar-refractivity contribution in [1.82, 2.24) is 9.78 Å². The van der Waals surface area contributed by atoms with Gasteiger partial charge in [-0.25, -0.2) is 0 Å². The molecule has 0 radical (unpaired) electrons. The van der Waals surface area contributed by atoms with E-state index in [0.717, 1.165) is 17.7 Å². The van der Waals surface area contributed by atoms with Crippen molar-refractivity contribution in [3.8, 4) is 0 Å². The van der Waals surface area contributed by atoms with Crippen molar-refractivity contribution in [2.45, 2.75) is 25.3 Å². The first-order chi connectivity index (χ1) is 8.66. The molecule has 1 unspecified atom stereocenters. The molecule has 1 aromatic heterocycles. The number of rotatable bonds is 2. The number of aromatic nitrogens is 2. The summed E-state index contributed by atoms with van der Waals surface area (Å²) in [6.07, 6.45) is 5.25. The van der Waals surface area contributed by atoms with Crippen molar-refractivity contribution in [3.63, 3.8) is 0 Å². The van der Waals surface area contributed by atoms with Crippen LogP contribution in [0.15, 0.2) is 24.4 Å². The molecule has 3 nitrogen and oxygen atoms in total. The van der Waals surface area contributed by atoms with Gasteiger partial charge in [-0.2, -0.15) is 5.10 Å². The van der Waals surface area contributed by atoms with Gasteiger partial charge in [-0.15, -0.1) is 0 Å². The zero-order valence-electron chi connectivity index (χ0n) is 10.4. The Hall–Kier alpha value is -1.32. The monoisotopic (exact) mass is 261 g/mol. The van der Waals surface area contributed by atoms with Crippen molar-refractivity contribution in [2.75, 3.05) is 0 Å². The van der Waals surface area contributed by atoms with Gasteiger partial charge in [-0.1, -0.05) is 29.8 Å². The van der Waals surface area contributed by atoms with E-state index in [2.05, 4.69) is 23.3 Å². The van der Waals surface area contributed by atoms with Gasteiger partial charge < -0.3 is 5.73 Å². The van der Waals surface area contributed by atoms with Gasteiger partial charge in [0.15, 0.2) is 0 Å². The lowest BCUT2D eigenvalue weighted by atomic mass is 9.99. The average molecular weight is 262 g/mol. The molecule has 0 bridgehead atoms. The molecule has 4 heteroatoms. The second-order valence-corrected chi connectivity index (χ2v) is 5.27. The smallest absolute Gasteiger partial charge is 0.0837 e. The molecule has 2 aromatic rings. The lowest BCUT2D eigenvalue weighted by Gasteiger charge is -2.14. The van der Waals surface area contributed by atoms with Crippen LogP contribution in [0.5, 0.6) is 0 Å². The summed E-state index contributed by atoms with van der Waals surface area (Å²) in [6, 6.07) is 6.31. The summed E-state index contributed by atoms with van der Waals surface area (Å²) >= 11 is 6.14. The Morgan fingerprint density at radius 3 is 2.83 bits per heavy atom. The van der Waals surface area contributed by atoms with Crippen LogP contribution in [0.1, 0.15) is 34.8 Å². The van der Waals surface area contributed by atoms with Crippen LogP contribution in [-0.4, -0.2) is 9.78 Å². The Bertz CT molecular complexity index is 569. The summed E-state index contributed by atoms with van der Waals surface area (Å²) in [5.74, 6) is 0. The topological polar surface area (TPSA) is 43.8 Å². The highest BCUT2D eigenvalue weighted by atomic mass is 35.5. The minimum absolute atomic E-state index is 0.212. The Morgan fingerprint density at radius 2 is 2.11 bits per heavy atom. The van der Waals surface area contributed by atoms with Crippen molar-refractivity contribution in [2.24, 2.45) is 12.8 Å². The number of aryl methyl sites for hydroxylation is 3. The highest BCUT2D eigenvalue weighted by Crippen LogP contribution is 2.29. The SMILES string of the molecule is Cn1ncc(Cl)c1C(N)c1ccc2c(c1)CCC2. The van der Waals surface area contributed by atoms with Gasteiger partial charge in [0, 0.05) is 7.05 Å². The fourth-order valence-electron chi connectivity index (χ4n) is 2.71. The number of nitrogens with zero attached hydrogens (tertiary/aromatic N) is 2. The molecule has 1 atom stereocenters. The van der Waals surface area contributed by atoms with E-state index in [-0.39, 0.29) is 6.04 Å². The normalized spacial score (nSPS) is 15.7. The number of nitrogens with two attached hydrogens (primary N) is 1. The number of halogens is 1. The minimum atomic E-state index is -0.212. The maximum absolute atomic E-state index is 6.31. The van der Waals surface area contributed by atoms with Crippen molar-refractivity contribution in [1.29, 1.82) is 0 Å². The van der Waals surface area contributed by atoms with E-state index in [0.29, 0.717) is 5.02 Å². The molecule has 18 heavy (non-hydrogen) atoms. The summed E-state index contributed by atoms with van der Waals surface area (Å²) < 4.78 is 1.75. The summed E-state index contributed by atoms with van der Waals surface area (Å²) in [4.78, 5) is 0. The number of hydrogen-bond acceptors (Lipinski definition) is 2. The van der Waals surface area contributed by atoms with Crippen LogP contribution in [0.25, 0.3) is 0 Å². The van der Waals surface area contributed by atoms with Crippen LogP contribution in [0, 0.1) is 0 Å². The van der Waals surface area contributed by atoms with E-state index in [1.54, 1.807) is 10.9 Å². The third kappa shape index (κ3) is 1.84. The standard InChI is InChI=1S/C14H16ClN3/c1-18-14(12(15)8-17-18)13(16)11-6-5-9-3-2-4-10(9)7-11/h5-8,13H,2-4,16H2,1H3. The molecular formula is C14H16ClN3. The quantitative estimate of drug-likeness (QED) is 0.903. The third-order valence-corrected chi connectivity index (χ3v) is 4.01. The highest BCUT2D eigenvalue weighted by molar-refractivity contribution is 6.31. The maximum atomic E-state index is 6.31. The van der Waals surface area contributed by atoms with Gasteiger partial charge in [0.2, 0.25) is 0 Å². The average Bonchev–Trinajstić information content (AvgIpc) is 2.94. The van der Waals surface area contributed by atoms with Crippen LogP contribution < -0.4 is 5.73 Å². The summed E-state index contributed by atoms with van der Waals surface area (Å²) in [6.45, 7) is 0. The maximum Gasteiger partial charge on any atom is 0.0837 e. The molecule has 3 rings (SSSR count). The fraction of sp³-hybridized carbons (Fsp3) is 0.357. The van der Waals surface area contributed by atoms with Crippen molar-refractivity contribution >= 4 is 11.6 Å². The lowest BCUT2D eigenvalue weighted by molar-refractivity contribution is 0.673. The van der Waals surface area contributed by atoms with Crippen molar-refractivity contribution in [3.05, 3.63) is 51.8 Å². The van der Waals surface area contributed by atoms with E-state index < -0.39 is 0 Å². The van der Waals surface area contributed by atoms with Crippen LogP contribution >= 0.6 is 11.6 Å². The van der Waals surface area contributed by atoms with Gasteiger partial charge in [-0.3, -0.25) is 4.68 Å². The predicted molar refractivity (Wildman–Crippen MR) is 72.7 cm³/mol. The fourth-order valence-corrected chi connectivity index (χ4v) is 3.00. The Labute approximate surface area is 112 Å². The first-order valence-electron chi connectivity index (χ1n) is 6.21. The molecule has 1 heterocycles. The molecule has 1 aromatic carbocycles. The van der Waals surface area contributed by atoms with Crippen molar-refractivity contribution < 1.29 is 0 Å². The first-order valence-corrected chi connectivity index (χ1v) is 6.59. The van der Waals surface area contributed by atoms with E-state index in [4.69, 9.17) is 17.3 Å². The Kier molecular flexibility index (Phi) is 2.88. The highest BCUT2D eigenvalue weighted by Gasteiger charge is 2.19. The molecule has 1 aliphatic rings. The van der Waals surface area contributed by atoms with E-state index >= 15 is 0 Å². The second-order valence-electron chi connectivity index (χ2n) is 4.86. The van der Waals surface area contributed by atoms with Gasteiger partial charge in [0.1, 0.15) is 0 Å². The molecule has 0 fully saturated rings. The van der Waals surface area contributed by atoms with Gasteiger partial charge >= 0.3 is 0 Å². The van der Waals surface area contributed by atoms with Gasteiger partial charge in [-0.05, 0) is 36.0 Å². The second kappa shape index (κ2) is 4.41. The van der Waals surface area contributed by atoms with E-state index in [9.17, 15) is 0 Å². The largest absolute Gasteiger partial charge is 0.319 e. The predicted octanol–water partition coefficient (Wildman–Crippen LogP) is 2.61.